The van der Waals surface area contributed by atoms with Crippen LogP contribution in [0.2, 0.25) is 0 Å². The van der Waals surface area contributed by atoms with E-state index in [1.165, 1.54) is 48.2 Å². The number of hydrogen-bond acceptors (Lipinski definition) is 3. The smallest absolute Gasteiger partial charge is 0.273 e. The van der Waals surface area contributed by atoms with Gasteiger partial charge in [0.05, 0.1) is 5.69 Å². The zero-order valence-corrected chi connectivity index (χ0v) is 17.6. The molecule has 2 aliphatic rings. The van der Waals surface area contributed by atoms with Crippen LogP contribution in [0.3, 0.4) is 0 Å². The highest BCUT2D eigenvalue weighted by atomic mass is 16.2. The molecule has 6 nitrogen and oxygen atoms in total. The van der Waals surface area contributed by atoms with Crippen LogP contribution in [-0.4, -0.2) is 38.5 Å². The number of nitrogens with one attached hydrogen (secondary N) is 1. The molecular weight excluding hydrogens is 376 g/mol. The molecule has 1 aliphatic heterocycles. The Labute approximate surface area is 175 Å². The number of carbonyl (C=O) groups is 1. The van der Waals surface area contributed by atoms with Gasteiger partial charge in [-0.05, 0) is 29.7 Å². The number of hydrogen-bond donors (Lipinski definition) is 1. The molecule has 1 aliphatic carbocycles. The number of amides is 1. The van der Waals surface area contributed by atoms with E-state index < -0.39 is 0 Å². The number of aromatic amines is 1. The largest absolute Gasteiger partial charge is 0.337 e. The Kier molecular flexibility index (Phi) is 4.53. The minimum absolute atomic E-state index is 0.0789. The first-order valence-electron chi connectivity index (χ1n) is 10.9. The Bertz CT molecular complexity index is 1140. The van der Waals surface area contributed by atoms with Crippen molar-refractivity contribution in [2.45, 2.75) is 51.9 Å². The van der Waals surface area contributed by atoms with Gasteiger partial charge in [-0.3, -0.25) is 14.7 Å². The summed E-state index contributed by atoms with van der Waals surface area (Å²) >= 11 is 0. The zero-order chi connectivity index (χ0) is 20.9. The quantitative estimate of drug-likeness (QED) is 0.711. The van der Waals surface area contributed by atoms with Crippen molar-refractivity contribution in [1.29, 1.82) is 0 Å². The Morgan fingerprint density at radius 1 is 1.10 bits per heavy atom. The van der Waals surface area contributed by atoms with Gasteiger partial charge in [-0.2, -0.15) is 0 Å². The number of nitrogens with zero attached hydrogens (tertiary/aromatic N) is 3. The number of rotatable bonds is 3. The summed E-state index contributed by atoms with van der Waals surface area (Å²) in [5.74, 6) is 0.563. The van der Waals surface area contributed by atoms with E-state index in [0.717, 1.165) is 18.7 Å². The zero-order valence-electron chi connectivity index (χ0n) is 17.6. The van der Waals surface area contributed by atoms with Gasteiger partial charge < -0.3 is 4.90 Å². The molecule has 156 valence electrons. The van der Waals surface area contributed by atoms with Crippen molar-refractivity contribution in [1.82, 2.24) is 19.5 Å². The Morgan fingerprint density at radius 2 is 1.80 bits per heavy atom. The van der Waals surface area contributed by atoms with E-state index >= 15 is 0 Å². The molecule has 1 N–H and O–H groups in total. The lowest BCUT2D eigenvalue weighted by Gasteiger charge is -2.45. The molecule has 3 aromatic rings. The molecule has 30 heavy (non-hydrogen) atoms. The normalized spacial score (nSPS) is 19.1. The molecule has 0 radical (unpaired) electrons. The standard InChI is InChI=1S/C24H28N4O2/c1-24(2)14-27(15-24)23(30)19-13-25-28-21(29)12-20(26-22(19)28)18-10-8-17(9-11-18)16-6-4-3-5-7-16/h8-13,16,25H,3-7,14-15H2,1-2H3. The van der Waals surface area contributed by atoms with Crippen molar-refractivity contribution in [2.75, 3.05) is 13.1 Å². The second-order valence-electron chi connectivity index (χ2n) is 9.61. The summed E-state index contributed by atoms with van der Waals surface area (Å²) in [4.78, 5) is 32.1. The SMILES string of the molecule is CC1(C)CN(C(=O)c2c[nH]n3c(=O)cc(-c4ccc(C5CCCCC5)cc4)nc23)C1. The van der Waals surface area contributed by atoms with Crippen LogP contribution in [0, 0.1) is 5.41 Å². The van der Waals surface area contributed by atoms with Crippen LogP contribution < -0.4 is 5.56 Å². The molecule has 0 spiro atoms. The number of aromatic nitrogens is 3. The van der Waals surface area contributed by atoms with Crippen LogP contribution in [0.4, 0.5) is 0 Å². The number of H-pyrrole nitrogens is 1. The van der Waals surface area contributed by atoms with Crippen molar-refractivity contribution in [3.63, 3.8) is 0 Å². The summed E-state index contributed by atoms with van der Waals surface area (Å²) in [5, 5.41) is 2.89. The van der Waals surface area contributed by atoms with Gasteiger partial charge in [-0.15, -0.1) is 0 Å². The minimum Gasteiger partial charge on any atom is -0.337 e. The predicted octanol–water partition coefficient (Wildman–Crippen LogP) is 4.22. The number of likely N-dealkylation sites (tertiary alicyclic amines) is 1. The molecule has 0 unspecified atom stereocenters. The van der Waals surface area contributed by atoms with Crippen molar-refractivity contribution < 1.29 is 4.79 Å². The van der Waals surface area contributed by atoms with Crippen molar-refractivity contribution >= 4 is 11.6 Å². The summed E-state index contributed by atoms with van der Waals surface area (Å²) in [6, 6.07) is 9.96. The first-order valence-corrected chi connectivity index (χ1v) is 10.9. The van der Waals surface area contributed by atoms with Crippen LogP contribution in [0.5, 0.6) is 0 Å². The number of fused-ring (bicyclic) bond motifs is 1. The monoisotopic (exact) mass is 404 g/mol. The van der Waals surface area contributed by atoms with E-state index in [0.29, 0.717) is 22.8 Å². The van der Waals surface area contributed by atoms with Gasteiger partial charge in [0.15, 0.2) is 5.65 Å². The third-order valence-electron chi connectivity index (χ3n) is 6.54. The third kappa shape index (κ3) is 3.34. The average molecular weight is 405 g/mol. The maximum Gasteiger partial charge on any atom is 0.273 e. The summed E-state index contributed by atoms with van der Waals surface area (Å²) < 4.78 is 1.35. The molecule has 0 bridgehead atoms. The molecule has 2 aromatic heterocycles. The van der Waals surface area contributed by atoms with Gasteiger partial charge >= 0.3 is 0 Å². The van der Waals surface area contributed by atoms with E-state index in [1.54, 1.807) is 11.1 Å². The van der Waals surface area contributed by atoms with Gasteiger partial charge in [-0.1, -0.05) is 57.4 Å². The van der Waals surface area contributed by atoms with Gasteiger partial charge in [0.2, 0.25) is 0 Å². The molecule has 1 amide bonds. The molecule has 3 heterocycles. The lowest BCUT2D eigenvalue weighted by atomic mass is 9.84. The lowest BCUT2D eigenvalue weighted by Crippen LogP contribution is -2.55. The van der Waals surface area contributed by atoms with Gasteiger partial charge in [0, 0.05) is 30.9 Å². The first-order chi connectivity index (χ1) is 14.4. The predicted molar refractivity (Wildman–Crippen MR) is 117 cm³/mol. The number of carbonyl (C=O) groups excluding carboxylic acids is 1. The van der Waals surface area contributed by atoms with Crippen LogP contribution in [-0.2, 0) is 0 Å². The molecule has 2 fully saturated rings. The topological polar surface area (TPSA) is 70.5 Å². The molecule has 0 atom stereocenters. The van der Waals surface area contributed by atoms with Crippen molar-refractivity contribution in [3.8, 4) is 11.3 Å². The minimum atomic E-state index is -0.214. The highest BCUT2D eigenvalue weighted by Crippen LogP contribution is 2.33. The molecular formula is C24H28N4O2. The molecule has 6 heteroatoms. The van der Waals surface area contributed by atoms with Gasteiger partial charge in [-0.25, -0.2) is 9.50 Å². The van der Waals surface area contributed by atoms with Crippen molar-refractivity contribution in [2.24, 2.45) is 5.41 Å². The Hall–Kier alpha value is -2.89. The Balaban J connectivity index is 1.46. The van der Waals surface area contributed by atoms with E-state index in [9.17, 15) is 9.59 Å². The average Bonchev–Trinajstić information content (AvgIpc) is 3.17. The van der Waals surface area contributed by atoms with E-state index in [4.69, 9.17) is 4.98 Å². The van der Waals surface area contributed by atoms with Crippen LogP contribution >= 0.6 is 0 Å². The van der Waals surface area contributed by atoms with E-state index in [1.807, 2.05) is 12.1 Å². The molecule has 1 aromatic carbocycles. The summed E-state index contributed by atoms with van der Waals surface area (Å²) in [6.45, 7) is 5.72. The molecule has 5 rings (SSSR count). The molecule has 1 saturated carbocycles. The summed E-state index contributed by atoms with van der Waals surface area (Å²) in [7, 11) is 0. The van der Waals surface area contributed by atoms with Crippen molar-refractivity contribution in [3.05, 3.63) is 58.0 Å². The maximum atomic E-state index is 12.9. The number of benzene rings is 1. The second-order valence-corrected chi connectivity index (χ2v) is 9.61. The fourth-order valence-corrected chi connectivity index (χ4v) is 4.95. The lowest BCUT2D eigenvalue weighted by molar-refractivity contribution is 0.0238. The first kappa shape index (κ1) is 19.1. The highest BCUT2D eigenvalue weighted by molar-refractivity contribution is 6.00. The second kappa shape index (κ2) is 7.11. The summed E-state index contributed by atoms with van der Waals surface area (Å²) in [6.07, 6.45) is 8.06. The summed E-state index contributed by atoms with van der Waals surface area (Å²) in [5.41, 5.74) is 3.65. The van der Waals surface area contributed by atoms with Gasteiger partial charge in [0.25, 0.3) is 11.5 Å². The highest BCUT2D eigenvalue weighted by Gasteiger charge is 2.38. The Morgan fingerprint density at radius 3 is 2.47 bits per heavy atom. The van der Waals surface area contributed by atoms with Crippen LogP contribution in [0.15, 0.2) is 41.3 Å². The van der Waals surface area contributed by atoms with E-state index in [2.05, 4.69) is 31.1 Å². The van der Waals surface area contributed by atoms with Gasteiger partial charge in [0.1, 0.15) is 5.56 Å². The molecule has 1 saturated heterocycles. The fraction of sp³-hybridized carbons (Fsp3) is 0.458. The fourth-order valence-electron chi connectivity index (χ4n) is 4.95. The van der Waals surface area contributed by atoms with Crippen LogP contribution in [0.25, 0.3) is 16.9 Å². The van der Waals surface area contributed by atoms with Crippen LogP contribution in [0.1, 0.15) is 67.8 Å². The van der Waals surface area contributed by atoms with E-state index in [-0.39, 0.29) is 16.9 Å². The third-order valence-corrected chi connectivity index (χ3v) is 6.54. The maximum absolute atomic E-state index is 12.9.